The molecule has 1 aliphatic heterocycles. The zero-order valence-corrected chi connectivity index (χ0v) is 20.5. The normalized spacial score (nSPS) is 15.4. The van der Waals surface area contributed by atoms with Crippen molar-refractivity contribution in [2.75, 3.05) is 16.9 Å². The van der Waals surface area contributed by atoms with Crippen LogP contribution in [-0.4, -0.2) is 18.4 Å². The fourth-order valence-corrected chi connectivity index (χ4v) is 4.10. The Morgan fingerprint density at radius 2 is 1.79 bits per heavy atom. The van der Waals surface area contributed by atoms with Gasteiger partial charge in [-0.2, -0.15) is 0 Å². The zero-order valence-electron chi connectivity index (χ0n) is 18.3. The minimum atomic E-state index is -0.485. The first-order chi connectivity index (χ1) is 16.3. The van der Waals surface area contributed by atoms with Gasteiger partial charge in [-0.25, -0.2) is 0 Å². The van der Waals surface area contributed by atoms with Gasteiger partial charge in [0.25, 0.3) is 0 Å². The maximum Gasteiger partial charge on any atom is 0.243 e. The second-order valence-corrected chi connectivity index (χ2v) is 9.28. The third-order valence-electron chi connectivity index (χ3n) is 5.48. The number of ether oxygens (including phenoxy) is 1. The van der Waals surface area contributed by atoms with E-state index in [9.17, 15) is 9.59 Å². The van der Waals surface area contributed by atoms with E-state index in [0.29, 0.717) is 33.0 Å². The van der Waals surface area contributed by atoms with Crippen LogP contribution in [0.1, 0.15) is 17.5 Å². The highest BCUT2D eigenvalue weighted by atomic mass is 35.5. The average molecular weight is 519 g/mol. The monoisotopic (exact) mass is 517 g/mol. The number of rotatable bonds is 7. The fraction of sp³-hybridized carbons (Fsp3) is 0.200. The summed E-state index contributed by atoms with van der Waals surface area (Å²) in [5.41, 5.74) is 8.77. The summed E-state index contributed by atoms with van der Waals surface area (Å²) in [5, 5.41) is 1.38. The van der Waals surface area contributed by atoms with Crippen molar-refractivity contribution >= 4 is 58.0 Å². The molecule has 6 nitrogen and oxygen atoms in total. The number of amides is 2. The number of benzene rings is 3. The Kier molecular flexibility index (Phi) is 7.51. The third kappa shape index (κ3) is 5.76. The number of hydrogen-bond acceptors (Lipinski definition) is 4. The molecule has 0 aliphatic carbocycles. The lowest BCUT2D eigenvalue weighted by molar-refractivity contribution is -0.125. The molecule has 1 heterocycles. The Morgan fingerprint density at radius 3 is 2.53 bits per heavy atom. The van der Waals surface area contributed by atoms with E-state index in [1.807, 2.05) is 37.3 Å². The number of carbonyl (C=O) groups is 2. The van der Waals surface area contributed by atoms with Gasteiger partial charge in [-0.15, -0.1) is 0 Å². The van der Waals surface area contributed by atoms with Crippen molar-refractivity contribution in [3.63, 3.8) is 0 Å². The molecule has 9 heteroatoms. The van der Waals surface area contributed by atoms with E-state index in [2.05, 4.69) is 10.9 Å². The lowest BCUT2D eigenvalue weighted by Crippen LogP contribution is -2.36. The predicted molar refractivity (Wildman–Crippen MR) is 136 cm³/mol. The number of aryl methyl sites for hydroxylation is 1. The van der Waals surface area contributed by atoms with E-state index in [0.717, 1.165) is 16.8 Å². The minimum absolute atomic E-state index is 0.0857. The molecule has 0 spiro atoms. The molecule has 3 aromatic rings. The van der Waals surface area contributed by atoms with Gasteiger partial charge in [-0.1, -0.05) is 58.6 Å². The first-order valence-corrected chi connectivity index (χ1v) is 11.7. The number of halogens is 3. The van der Waals surface area contributed by atoms with Crippen LogP contribution in [0.25, 0.3) is 0 Å². The molecule has 34 heavy (non-hydrogen) atoms. The molecule has 0 saturated carbocycles. The average Bonchev–Trinajstić information content (AvgIpc) is 3.21. The molecule has 1 aliphatic rings. The van der Waals surface area contributed by atoms with Gasteiger partial charge >= 0.3 is 0 Å². The van der Waals surface area contributed by atoms with Crippen LogP contribution in [0.4, 0.5) is 11.4 Å². The van der Waals surface area contributed by atoms with E-state index >= 15 is 0 Å². The molecule has 3 aromatic carbocycles. The van der Waals surface area contributed by atoms with Crippen LogP contribution in [0.3, 0.4) is 0 Å². The van der Waals surface area contributed by atoms with Crippen molar-refractivity contribution in [3.05, 3.63) is 86.9 Å². The lowest BCUT2D eigenvalue weighted by atomic mass is 10.1. The SMILES string of the molecule is Cc1ccc(N2C[C@H](C(=O)NNc3cc(Cl)ccc3OCc3ccc(Cl)c(Cl)c3)CC2=O)cc1. The number of hydrazine groups is 1. The minimum Gasteiger partial charge on any atom is -0.487 e. The van der Waals surface area contributed by atoms with Gasteiger partial charge in [0.1, 0.15) is 12.4 Å². The predicted octanol–water partition coefficient (Wildman–Crippen LogP) is 6.03. The van der Waals surface area contributed by atoms with Crippen LogP contribution in [0, 0.1) is 12.8 Å². The van der Waals surface area contributed by atoms with E-state index < -0.39 is 5.92 Å². The second kappa shape index (κ2) is 10.6. The Bertz CT molecular complexity index is 1220. The second-order valence-electron chi connectivity index (χ2n) is 8.03. The standard InChI is InChI=1S/C25H22Cl3N3O3/c1-15-2-6-19(7-3-15)31-13-17(11-24(31)32)25(33)30-29-22-12-18(26)5-9-23(22)34-14-16-4-8-20(27)21(28)10-16/h2-10,12,17,29H,11,13-14H2,1H3,(H,30,33)/t17-/m1/s1. The molecule has 1 saturated heterocycles. The molecule has 2 amide bonds. The highest BCUT2D eigenvalue weighted by Gasteiger charge is 2.35. The van der Waals surface area contributed by atoms with Crippen LogP contribution < -0.4 is 20.5 Å². The fourth-order valence-electron chi connectivity index (χ4n) is 3.60. The first kappa shape index (κ1) is 24.2. The Hall–Kier alpha value is -2.93. The number of hydrogen-bond donors (Lipinski definition) is 2. The molecule has 1 atom stereocenters. The molecule has 0 unspecified atom stereocenters. The molecule has 2 N–H and O–H groups in total. The zero-order chi connectivity index (χ0) is 24.2. The molecule has 176 valence electrons. The molecular formula is C25H22Cl3N3O3. The smallest absolute Gasteiger partial charge is 0.243 e. The summed E-state index contributed by atoms with van der Waals surface area (Å²) in [5.74, 6) is -0.378. The van der Waals surface area contributed by atoms with Gasteiger partial charge in [0.15, 0.2) is 0 Å². The Morgan fingerprint density at radius 1 is 1.03 bits per heavy atom. The maximum atomic E-state index is 12.8. The quantitative estimate of drug-likeness (QED) is 0.375. The molecule has 0 radical (unpaired) electrons. The van der Waals surface area contributed by atoms with Gasteiger partial charge in [0.05, 0.1) is 21.7 Å². The third-order valence-corrected chi connectivity index (χ3v) is 6.46. The molecule has 1 fully saturated rings. The summed E-state index contributed by atoms with van der Waals surface area (Å²) in [6, 6.07) is 17.9. The van der Waals surface area contributed by atoms with E-state index in [1.54, 1.807) is 35.2 Å². The van der Waals surface area contributed by atoms with Crippen molar-refractivity contribution in [1.29, 1.82) is 0 Å². The van der Waals surface area contributed by atoms with Crippen LogP contribution in [0.15, 0.2) is 60.7 Å². The number of anilines is 2. The van der Waals surface area contributed by atoms with Crippen LogP contribution in [0.2, 0.25) is 15.1 Å². The van der Waals surface area contributed by atoms with Crippen molar-refractivity contribution in [2.45, 2.75) is 20.0 Å². The Balaban J connectivity index is 1.38. The Labute approximate surface area is 212 Å². The largest absolute Gasteiger partial charge is 0.487 e. The van der Waals surface area contributed by atoms with Gasteiger partial charge in [0, 0.05) is 23.7 Å². The number of nitrogens with one attached hydrogen (secondary N) is 2. The maximum absolute atomic E-state index is 12.8. The van der Waals surface area contributed by atoms with Crippen molar-refractivity contribution in [3.8, 4) is 5.75 Å². The summed E-state index contributed by atoms with van der Waals surface area (Å²) in [6.45, 7) is 2.53. The van der Waals surface area contributed by atoms with Crippen LogP contribution in [0.5, 0.6) is 5.75 Å². The summed E-state index contributed by atoms with van der Waals surface area (Å²) in [7, 11) is 0. The number of nitrogens with zero attached hydrogens (tertiary/aromatic N) is 1. The van der Waals surface area contributed by atoms with Crippen molar-refractivity contribution in [2.24, 2.45) is 5.92 Å². The van der Waals surface area contributed by atoms with Gasteiger partial charge in [-0.3, -0.25) is 20.4 Å². The summed E-state index contributed by atoms with van der Waals surface area (Å²) in [6.07, 6.45) is 0.137. The van der Waals surface area contributed by atoms with Crippen molar-refractivity contribution < 1.29 is 14.3 Å². The highest BCUT2D eigenvalue weighted by molar-refractivity contribution is 6.42. The summed E-state index contributed by atoms with van der Waals surface area (Å²) < 4.78 is 5.90. The molecule has 0 aromatic heterocycles. The van der Waals surface area contributed by atoms with Crippen LogP contribution in [-0.2, 0) is 16.2 Å². The highest BCUT2D eigenvalue weighted by Crippen LogP contribution is 2.30. The van der Waals surface area contributed by atoms with E-state index in [-0.39, 0.29) is 24.8 Å². The molecule has 0 bridgehead atoms. The summed E-state index contributed by atoms with van der Waals surface area (Å²) >= 11 is 18.2. The van der Waals surface area contributed by atoms with Crippen LogP contribution >= 0.6 is 34.8 Å². The van der Waals surface area contributed by atoms with Gasteiger partial charge in [-0.05, 0) is 55.0 Å². The first-order valence-electron chi connectivity index (χ1n) is 10.6. The number of carbonyl (C=O) groups excluding carboxylic acids is 2. The topological polar surface area (TPSA) is 70.7 Å². The lowest BCUT2D eigenvalue weighted by Gasteiger charge is -2.18. The van der Waals surface area contributed by atoms with Gasteiger partial charge in [0.2, 0.25) is 11.8 Å². The molecular weight excluding hydrogens is 497 g/mol. The molecule has 4 rings (SSSR count). The van der Waals surface area contributed by atoms with E-state index in [1.165, 1.54) is 0 Å². The van der Waals surface area contributed by atoms with Gasteiger partial charge < -0.3 is 9.64 Å². The van der Waals surface area contributed by atoms with E-state index in [4.69, 9.17) is 39.5 Å². The van der Waals surface area contributed by atoms with Crippen molar-refractivity contribution in [1.82, 2.24) is 5.43 Å². The summed E-state index contributed by atoms with van der Waals surface area (Å²) in [4.78, 5) is 26.9.